The minimum absolute atomic E-state index is 0.233. The van der Waals surface area contributed by atoms with E-state index in [2.05, 4.69) is 19.2 Å². The molecule has 1 saturated carbocycles. The van der Waals surface area contributed by atoms with Crippen molar-refractivity contribution in [2.45, 2.75) is 51.9 Å². The Bertz CT molecular complexity index is 596. The lowest BCUT2D eigenvalue weighted by Gasteiger charge is -2.30. The fourth-order valence-corrected chi connectivity index (χ4v) is 3.17. The van der Waals surface area contributed by atoms with Crippen molar-refractivity contribution in [2.75, 3.05) is 0 Å². The van der Waals surface area contributed by atoms with Crippen LogP contribution in [0.5, 0.6) is 0 Å². The van der Waals surface area contributed by atoms with E-state index < -0.39 is 18.4 Å². The first-order valence-electron chi connectivity index (χ1n) is 9.32. The van der Waals surface area contributed by atoms with Crippen molar-refractivity contribution in [3.05, 3.63) is 35.9 Å². The first-order chi connectivity index (χ1) is 11.7. The van der Waals surface area contributed by atoms with Crippen LogP contribution in [-0.4, -0.2) is 23.0 Å². The number of aliphatic carboxylic acids is 1. The van der Waals surface area contributed by atoms with E-state index >= 15 is 0 Å². The lowest BCUT2D eigenvalue weighted by Crippen LogP contribution is -2.45. The molecule has 2 rings (SSSR count). The molecule has 23 heavy (non-hydrogen) atoms. The van der Waals surface area contributed by atoms with Crippen molar-refractivity contribution in [1.29, 1.82) is 0 Å². The molecule has 2 N–H and O–H groups in total. The highest BCUT2D eigenvalue weighted by Gasteiger charge is 2.30. The third kappa shape index (κ3) is 5.08. The molecule has 1 atom stereocenters. The molecular weight excluding hydrogens is 290 g/mol. The summed E-state index contributed by atoms with van der Waals surface area (Å²) in [5, 5.41) is 11.9. The zero-order valence-corrected chi connectivity index (χ0v) is 13.8. The van der Waals surface area contributed by atoms with Gasteiger partial charge in [-0.1, -0.05) is 44.2 Å². The molecule has 126 valence electrons. The molecule has 1 aromatic carbocycles. The second-order valence-electron chi connectivity index (χ2n) is 6.65. The molecule has 0 spiro atoms. The summed E-state index contributed by atoms with van der Waals surface area (Å²) in [4.78, 5) is 24.2. The smallest absolute Gasteiger partial charge is 0.326 e. The maximum Gasteiger partial charge on any atom is 0.326 e. The van der Waals surface area contributed by atoms with E-state index in [0.717, 1.165) is 25.7 Å². The normalized spacial score (nSPS) is 24.5. The van der Waals surface area contributed by atoms with Crippen LogP contribution in [0.3, 0.4) is 0 Å². The third-order valence-electron chi connectivity index (χ3n) is 4.70. The van der Waals surface area contributed by atoms with Crippen LogP contribution in [-0.2, 0) is 16.0 Å². The molecule has 4 heteroatoms. The van der Waals surface area contributed by atoms with Gasteiger partial charge in [-0.15, -0.1) is 0 Å². The number of carbonyl (C=O) groups excluding carboxylic acids is 1. The Labute approximate surface area is 141 Å². The van der Waals surface area contributed by atoms with Crippen LogP contribution in [0.2, 0.25) is 0 Å². The van der Waals surface area contributed by atoms with Crippen molar-refractivity contribution in [3.63, 3.8) is 0 Å². The third-order valence-corrected chi connectivity index (χ3v) is 4.70. The largest absolute Gasteiger partial charge is 0.480 e. The molecule has 0 heterocycles. The summed E-state index contributed by atoms with van der Waals surface area (Å²) in [6.45, 7) is 4.36. The fraction of sp³-hybridized carbons (Fsp3) is 0.579. The summed E-state index contributed by atoms with van der Waals surface area (Å²) in [5.74, 6) is -0.756. The molecule has 0 radical (unpaired) electrons. The number of carbonyl (C=O) groups is 2. The Hall–Kier alpha value is -1.84. The number of carboxylic acids is 1. The summed E-state index contributed by atoms with van der Waals surface area (Å²) in [5.41, 5.74) is 0.242. The van der Waals surface area contributed by atoms with Crippen LogP contribution in [0.4, 0.5) is 0 Å². The predicted octanol–water partition coefficient (Wildman–Crippen LogP) is 3.26. The van der Waals surface area contributed by atoms with Crippen LogP contribution in [0, 0.1) is 17.8 Å². The van der Waals surface area contributed by atoms with Gasteiger partial charge in [-0.3, -0.25) is 4.79 Å². The van der Waals surface area contributed by atoms with Gasteiger partial charge >= 0.3 is 5.97 Å². The summed E-state index contributed by atoms with van der Waals surface area (Å²) < 4.78 is 16.4. The first-order valence-corrected chi connectivity index (χ1v) is 8.32. The van der Waals surface area contributed by atoms with E-state index in [0.29, 0.717) is 11.8 Å². The van der Waals surface area contributed by atoms with Gasteiger partial charge in [0.05, 0.1) is 0 Å². The van der Waals surface area contributed by atoms with Crippen molar-refractivity contribution in [3.8, 4) is 0 Å². The molecule has 1 aliphatic rings. The number of nitrogens with one attached hydrogen (secondary N) is 1. The fourth-order valence-electron chi connectivity index (χ4n) is 3.17. The highest BCUT2D eigenvalue weighted by molar-refractivity contribution is 5.85. The summed E-state index contributed by atoms with van der Waals surface area (Å²) in [6.07, 6.45) is 1.20. The first kappa shape index (κ1) is 14.7. The van der Waals surface area contributed by atoms with E-state index in [1.165, 1.54) is 12.1 Å². The van der Waals surface area contributed by atoms with Gasteiger partial charge in [-0.05, 0) is 43.1 Å². The molecule has 1 aliphatic carbocycles. The minimum atomic E-state index is -2.18. The highest BCUT2D eigenvalue weighted by atomic mass is 16.4. The lowest BCUT2D eigenvalue weighted by atomic mass is 9.76. The van der Waals surface area contributed by atoms with Gasteiger partial charge in [-0.25, -0.2) is 4.79 Å². The molecule has 0 aliphatic heterocycles. The lowest BCUT2D eigenvalue weighted by molar-refractivity contribution is -0.142. The summed E-state index contributed by atoms with van der Waals surface area (Å²) in [6, 6.07) is 6.51. The average molecular weight is 319 g/mol. The van der Waals surface area contributed by atoms with Gasteiger partial charge in [0, 0.05) is 15.0 Å². The van der Waals surface area contributed by atoms with Crippen molar-refractivity contribution in [1.82, 2.24) is 5.32 Å². The molecule has 0 bridgehead atoms. The Kier molecular flexibility index (Phi) is 5.21. The SMILES string of the molecule is [2H]C([2H])(c1ccccc1)[C@@H](NC(=O)C1CCC(C(C)C)CC1)C(=O)O. The molecule has 1 amide bonds. The quantitative estimate of drug-likeness (QED) is 0.846. The van der Waals surface area contributed by atoms with Crippen LogP contribution in [0.25, 0.3) is 0 Å². The maximum absolute atomic E-state index is 12.5. The zero-order chi connectivity index (χ0) is 18.6. The zero-order valence-electron chi connectivity index (χ0n) is 15.8. The number of hydrogen-bond acceptors (Lipinski definition) is 2. The average Bonchev–Trinajstić information content (AvgIpc) is 2.59. The van der Waals surface area contributed by atoms with Gasteiger partial charge in [0.15, 0.2) is 0 Å². The molecule has 4 nitrogen and oxygen atoms in total. The van der Waals surface area contributed by atoms with Crippen molar-refractivity contribution >= 4 is 11.9 Å². The van der Waals surface area contributed by atoms with Crippen molar-refractivity contribution in [2.24, 2.45) is 17.8 Å². The molecule has 0 aromatic heterocycles. The number of hydrogen-bond donors (Lipinski definition) is 2. The monoisotopic (exact) mass is 319 g/mol. The Morgan fingerprint density at radius 2 is 1.83 bits per heavy atom. The molecule has 0 unspecified atom stereocenters. The van der Waals surface area contributed by atoms with Crippen LogP contribution < -0.4 is 5.32 Å². The summed E-state index contributed by atoms with van der Waals surface area (Å²) in [7, 11) is 0. The van der Waals surface area contributed by atoms with Gasteiger partial charge in [0.2, 0.25) is 5.91 Å². The Morgan fingerprint density at radius 1 is 1.22 bits per heavy atom. The number of rotatable bonds is 6. The van der Waals surface area contributed by atoms with Crippen LogP contribution in [0.1, 0.15) is 47.8 Å². The second kappa shape index (κ2) is 8.14. The molecule has 1 aromatic rings. The molecular formula is C19H27NO3. The number of carboxylic acid groups (broad SMARTS) is 1. The van der Waals surface area contributed by atoms with Crippen molar-refractivity contribution < 1.29 is 17.4 Å². The van der Waals surface area contributed by atoms with Crippen LogP contribution in [0.15, 0.2) is 30.3 Å². The van der Waals surface area contributed by atoms with Gasteiger partial charge in [0.1, 0.15) is 6.04 Å². The predicted molar refractivity (Wildman–Crippen MR) is 90.0 cm³/mol. The van der Waals surface area contributed by atoms with Gasteiger partial charge < -0.3 is 10.4 Å². The Morgan fingerprint density at radius 3 is 2.35 bits per heavy atom. The molecule has 0 saturated heterocycles. The minimum Gasteiger partial charge on any atom is -0.480 e. The van der Waals surface area contributed by atoms with Gasteiger partial charge in [0.25, 0.3) is 0 Å². The topological polar surface area (TPSA) is 66.4 Å². The van der Waals surface area contributed by atoms with Crippen LogP contribution >= 0.6 is 0 Å². The van der Waals surface area contributed by atoms with E-state index in [4.69, 9.17) is 2.74 Å². The van der Waals surface area contributed by atoms with E-state index in [-0.39, 0.29) is 17.4 Å². The van der Waals surface area contributed by atoms with E-state index in [1.54, 1.807) is 18.2 Å². The van der Waals surface area contributed by atoms with Gasteiger partial charge in [-0.2, -0.15) is 0 Å². The number of amides is 1. The maximum atomic E-state index is 12.5. The van der Waals surface area contributed by atoms with E-state index in [9.17, 15) is 14.7 Å². The Balaban J connectivity index is 2.07. The standard InChI is InChI=1S/C19H27NO3/c1-13(2)15-8-10-16(11-9-15)18(21)20-17(19(22)23)12-14-6-4-3-5-7-14/h3-7,13,15-17H,8-12H2,1-2H3,(H,20,21)(H,22,23)/t15?,16?,17-/m1/s1/i12D2. The number of benzene rings is 1. The highest BCUT2D eigenvalue weighted by Crippen LogP contribution is 2.33. The molecule has 1 fully saturated rings. The second-order valence-corrected chi connectivity index (χ2v) is 6.65. The van der Waals surface area contributed by atoms with E-state index in [1.807, 2.05) is 0 Å². The summed E-state index contributed by atoms with van der Waals surface area (Å²) >= 11 is 0.